The molecule has 0 amide bonds. The maximum Gasteiger partial charge on any atom is 0.404 e. The Balaban J connectivity index is 2.26. The molecule has 0 spiro atoms. The summed E-state index contributed by atoms with van der Waals surface area (Å²) in [6, 6.07) is 9.17. The summed E-state index contributed by atoms with van der Waals surface area (Å²) in [5, 5.41) is 0. The zero-order valence-electron chi connectivity index (χ0n) is 7.81. The van der Waals surface area contributed by atoms with Gasteiger partial charge in [-0.2, -0.15) is 0 Å². The van der Waals surface area contributed by atoms with Crippen LogP contribution in [0.3, 0.4) is 0 Å². The minimum atomic E-state index is -1.02. The van der Waals surface area contributed by atoms with Gasteiger partial charge in [0.05, 0.1) is 0 Å². The first kappa shape index (κ1) is 11.5. The quantitative estimate of drug-likeness (QED) is 0.585. The normalized spacial score (nSPS) is 9.40. The Morgan fingerprint density at radius 2 is 1.80 bits per heavy atom. The Bertz CT molecular complexity index is 337. The number of ether oxygens (including phenoxy) is 2. The van der Waals surface area contributed by atoms with Crippen molar-refractivity contribution in [2.45, 2.75) is 6.61 Å². The van der Waals surface area contributed by atoms with Crippen LogP contribution < -0.4 is 0 Å². The summed E-state index contributed by atoms with van der Waals surface area (Å²) >= 11 is 4.87. The lowest BCUT2D eigenvalue weighted by Gasteiger charge is -2.03. The van der Waals surface area contributed by atoms with Crippen molar-refractivity contribution < 1.29 is 19.1 Å². The highest BCUT2D eigenvalue weighted by atomic mass is 35.5. The van der Waals surface area contributed by atoms with Crippen molar-refractivity contribution >= 4 is 23.0 Å². The minimum absolute atomic E-state index is 0.152. The maximum atomic E-state index is 11.0. The van der Waals surface area contributed by atoms with E-state index in [0.717, 1.165) is 5.56 Å². The van der Waals surface area contributed by atoms with Crippen LogP contribution in [0.15, 0.2) is 30.3 Å². The van der Waals surface area contributed by atoms with Crippen LogP contribution in [0.2, 0.25) is 0 Å². The zero-order valence-corrected chi connectivity index (χ0v) is 8.57. The van der Waals surface area contributed by atoms with Crippen molar-refractivity contribution in [3.63, 3.8) is 0 Å². The average molecular weight is 229 g/mol. The standard InChI is InChI=1S/C10H9ClO4/c11-10(13)15-7-9(12)14-6-8-4-2-1-3-5-8/h1-5H,6-7H2. The summed E-state index contributed by atoms with van der Waals surface area (Å²) in [6.07, 6.45) is 0. The van der Waals surface area contributed by atoms with Gasteiger partial charge in [-0.05, 0) is 5.56 Å². The molecule has 1 aromatic carbocycles. The second-order valence-corrected chi connectivity index (χ2v) is 2.98. The predicted molar refractivity (Wildman–Crippen MR) is 53.4 cm³/mol. The Labute approximate surface area is 91.7 Å². The second kappa shape index (κ2) is 6.03. The van der Waals surface area contributed by atoms with Gasteiger partial charge in [0.1, 0.15) is 6.61 Å². The van der Waals surface area contributed by atoms with Crippen LogP contribution in [0.1, 0.15) is 5.56 Å². The summed E-state index contributed by atoms with van der Waals surface area (Å²) in [4.78, 5) is 21.1. The van der Waals surface area contributed by atoms with Crippen molar-refractivity contribution in [2.24, 2.45) is 0 Å². The van der Waals surface area contributed by atoms with Gasteiger partial charge in [0.2, 0.25) is 0 Å². The van der Waals surface area contributed by atoms with Crippen LogP contribution in [0, 0.1) is 0 Å². The molecule has 0 fully saturated rings. The van der Waals surface area contributed by atoms with Gasteiger partial charge in [-0.15, -0.1) is 0 Å². The Morgan fingerprint density at radius 3 is 2.40 bits per heavy atom. The molecule has 0 aliphatic rings. The number of benzene rings is 1. The van der Waals surface area contributed by atoms with E-state index in [9.17, 15) is 9.59 Å². The third kappa shape index (κ3) is 5.02. The van der Waals surface area contributed by atoms with Crippen molar-refractivity contribution in [2.75, 3.05) is 6.61 Å². The third-order valence-electron chi connectivity index (χ3n) is 1.55. The molecule has 80 valence electrons. The molecule has 0 saturated heterocycles. The van der Waals surface area contributed by atoms with Gasteiger partial charge in [0.15, 0.2) is 6.61 Å². The van der Waals surface area contributed by atoms with Gasteiger partial charge in [0.25, 0.3) is 0 Å². The first-order valence-corrected chi connectivity index (χ1v) is 4.58. The number of halogens is 1. The van der Waals surface area contributed by atoms with Crippen LogP contribution in [-0.4, -0.2) is 18.0 Å². The summed E-state index contributed by atoms with van der Waals surface area (Å²) in [7, 11) is 0. The molecule has 5 heteroatoms. The van der Waals surface area contributed by atoms with Gasteiger partial charge in [-0.25, -0.2) is 9.59 Å². The lowest BCUT2D eigenvalue weighted by atomic mass is 10.2. The van der Waals surface area contributed by atoms with E-state index in [1.807, 2.05) is 30.3 Å². The van der Waals surface area contributed by atoms with E-state index in [4.69, 9.17) is 16.3 Å². The first-order valence-electron chi connectivity index (χ1n) is 4.20. The smallest absolute Gasteiger partial charge is 0.404 e. The fourth-order valence-electron chi connectivity index (χ4n) is 0.895. The molecular weight excluding hydrogens is 220 g/mol. The minimum Gasteiger partial charge on any atom is -0.458 e. The molecule has 0 N–H and O–H groups in total. The molecule has 15 heavy (non-hydrogen) atoms. The van der Waals surface area contributed by atoms with E-state index in [1.165, 1.54) is 0 Å². The Morgan fingerprint density at radius 1 is 1.13 bits per heavy atom. The predicted octanol–water partition coefficient (Wildman–Crippen LogP) is 2.11. The molecule has 0 unspecified atom stereocenters. The van der Waals surface area contributed by atoms with Gasteiger partial charge < -0.3 is 9.47 Å². The molecule has 1 aromatic rings. The SMILES string of the molecule is O=C(Cl)OCC(=O)OCc1ccccc1. The number of rotatable bonds is 4. The van der Waals surface area contributed by atoms with Crippen LogP contribution in [0.25, 0.3) is 0 Å². The molecule has 0 atom stereocenters. The van der Waals surface area contributed by atoms with Crippen LogP contribution in [-0.2, 0) is 20.9 Å². The highest BCUT2D eigenvalue weighted by molar-refractivity contribution is 6.61. The van der Waals surface area contributed by atoms with Crippen molar-refractivity contribution in [1.82, 2.24) is 0 Å². The number of esters is 1. The summed E-state index contributed by atoms with van der Waals surface area (Å²) < 4.78 is 9.05. The number of carbonyl (C=O) groups is 2. The van der Waals surface area contributed by atoms with E-state index in [2.05, 4.69) is 4.74 Å². The summed E-state index contributed by atoms with van der Waals surface area (Å²) in [5.74, 6) is -0.632. The van der Waals surface area contributed by atoms with Gasteiger partial charge in [0, 0.05) is 11.6 Å². The van der Waals surface area contributed by atoms with Crippen LogP contribution in [0.5, 0.6) is 0 Å². The van der Waals surface area contributed by atoms with Gasteiger partial charge >= 0.3 is 11.4 Å². The monoisotopic (exact) mass is 228 g/mol. The Hall–Kier alpha value is -1.55. The molecule has 0 aliphatic carbocycles. The topological polar surface area (TPSA) is 52.6 Å². The number of hydrogen-bond acceptors (Lipinski definition) is 4. The summed E-state index contributed by atoms with van der Waals surface area (Å²) in [6.45, 7) is -0.311. The molecule has 0 bridgehead atoms. The lowest BCUT2D eigenvalue weighted by molar-refractivity contribution is -0.148. The second-order valence-electron chi connectivity index (χ2n) is 2.67. The van der Waals surface area contributed by atoms with Crippen LogP contribution in [0.4, 0.5) is 4.79 Å². The molecule has 0 aromatic heterocycles. The van der Waals surface area contributed by atoms with E-state index >= 15 is 0 Å². The Kier molecular flexibility index (Phi) is 4.63. The van der Waals surface area contributed by atoms with Crippen LogP contribution >= 0.6 is 11.6 Å². The van der Waals surface area contributed by atoms with Crippen molar-refractivity contribution in [3.05, 3.63) is 35.9 Å². The molecule has 0 aliphatic heterocycles. The van der Waals surface area contributed by atoms with Crippen molar-refractivity contribution in [3.8, 4) is 0 Å². The molecule has 0 radical (unpaired) electrons. The summed E-state index contributed by atoms with van der Waals surface area (Å²) in [5.41, 5.74) is -0.158. The van der Waals surface area contributed by atoms with Gasteiger partial charge in [-0.1, -0.05) is 30.3 Å². The highest BCUT2D eigenvalue weighted by Crippen LogP contribution is 2.00. The van der Waals surface area contributed by atoms with Crippen molar-refractivity contribution in [1.29, 1.82) is 0 Å². The molecule has 0 heterocycles. The van der Waals surface area contributed by atoms with E-state index in [1.54, 1.807) is 0 Å². The number of carbonyl (C=O) groups excluding carboxylic acids is 2. The number of hydrogen-bond donors (Lipinski definition) is 0. The van der Waals surface area contributed by atoms with E-state index < -0.39 is 18.0 Å². The fraction of sp³-hybridized carbons (Fsp3) is 0.200. The molecule has 1 rings (SSSR count). The largest absolute Gasteiger partial charge is 0.458 e. The molecular formula is C10H9ClO4. The fourth-order valence-corrected chi connectivity index (χ4v) is 0.950. The third-order valence-corrected chi connectivity index (χ3v) is 1.66. The maximum absolute atomic E-state index is 11.0. The lowest BCUT2D eigenvalue weighted by Crippen LogP contribution is -2.13. The van der Waals surface area contributed by atoms with E-state index in [-0.39, 0.29) is 6.61 Å². The molecule has 0 saturated carbocycles. The molecule has 4 nitrogen and oxygen atoms in total. The first-order chi connectivity index (χ1) is 7.18. The average Bonchev–Trinajstić information content (AvgIpc) is 2.25. The highest BCUT2D eigenvalue weighted by Gasteiger charge is 2.05. The van der Waals surface area contributed by atoms with E-state index in [0.29, 0.717) is 0 Å². The zero-order chi connectivity index (χ0) is 11.1. The van der Waals surface area contributed by atoms with Gasteiger partial charge in [-0.3, -0.25) is 0 Å².